The fourth-order valence-electron chi connectivity index (χ4n) is 4.65. The molecule has 30 heavy (non-hydrogen) atoms. The van der Waals surface area contributed by atoms with E-state index in [0.29, 0.717) is 5.92 Å². The highest BCUT2D eigenvalue weighted by atomic mass is 16.5. The highest BCUT2D eigenvalue weighted by Crippen LogP contribution is 2.29. The van der Waals surface area contributed by atoms with Crippen LogP contribution in [0.3, 0.4) is 0 Å². The first-order chi connectivity index (χ1) is 14.7. The molecule has 6 nitrogen and oxygen atoms in total. The van der Waals surface area contributed by atoms with Gasteiger partial charge in [0.15, 0.2) is 5.78 Å². The lowest BCUT2D eigenvalue weighted by Crippen LogP contribution is -2.42. The quantitative estimate of drug-likeness (QED) is 0.686. The van der Waals surface area contributed by atoms with Gasteiger partial charge in [-0.2, -0.15) is 0 Å². The molecular formula is C24H31N3O3. The van der Waals surface area contributed by atoms with E-state index in [0.717, 1.165) is 56.1 Å². The number of likely N-dealkylation sites (tertiary alicyclic amines) is 1. The molecule has 2 fully saturated rings. The van der Waals surface area contributed by atoms with Gasteiger partial charge in [0.1, 0.15) is 11.5 Å². The van der Waals surface area contributed by atoms with Gasteiger partial charge in [-0.1, -0.05) is 24.3 Å². The van der Waals surface area contributed by atoms with Crippen LogP contribution in [-0.4, -0.2) is 51.1 Å². The largest absolute Gasteiger partial charge is 0.497 e. The number of carbonyl (C=O) groups is 1. The van der Waals surface area contributed by atoms with Crippen LogP contribution < -0.4 is 20.3 Å². The van der Waals surface area contributed by atoms with Crippen LogP contribution in [0.5, 0.6) is 11.5 Å². The van der Waals surface area contributed by atoms with Gasteiger partial charge in [-0.15, -0.1) is 0 Å². The van der Waals surface area contributed by atoms with Crippen molar-refractivity contribution in [2.75, 3.05) is 40.4 Å². The Morgan fingerprint density at radius 1 is 1.10 bits per heavy atom. The summed E-state index contributed by atoms with van der Waals surface area (Å²) in [6.07, 6.45) is 2.01. The lowest BCUT2D eigenvalue weighted by atomic mass is 9.88. The molecular weight excluding hydrogens is 378 g/mol. The summed E-state index contributed by atoms with van der Waals surface area (Å²) in [6.45, 7) is 3.76. The number of hydrogen-bond acceptors (Lipinski definition) is 6. The predicted octanol–water partition coefficient (Wildman–Crippen LogP) is 3.06. The molecule has 4 rings (SSSR count). The molecule has 3 unspecified atom stereocenters. The molecule has 0 spiro atoms. The summed E-state index contributed by atoms with van der Waals surface area (Å²) in [6, 6.07) is 16.0. The lowest BCUT2D eigenvalue weighted by molar-refractivity contribution is 0.0798. The zero-order chi connectivity index (χ0) is 20.9. The molecule has 0 radical (unpaired) electrons. The number of methoxy groups -OCH3 is 2. The predicted molar refractivity (Wildman–Crippen MR) is 117 cm³/mol. The van der Waals surface area contributed by atoms with Crippen molar-refractivity contribution in [1.82, 2.24) is 15.8 Å². The van der Waals surface area contributed by atoms with Crippen molar-refractivity contribution in [2.45, 2.75) is 18.9 Å². The summed E-state index contributed by atoms with van der Waals surface area (Å²) in [5.74, 6) is 2.33. The van der Waals surface area contributed by atoms with Gasteiger partial charge in [0.05, 0.1) is 20.3 Å². The molecule has 160 valence electrons. The highest BCUT2D eigenvalue weighted by molar-refractivity contribution is 5.98. The van der Waals surface area contributed by atoms with E-state index in [4.69, 9.17) is 9.47 Å². The van der Waals surface area contributed by atoms with E-state index < -0.39 is 0 Å². The van der Waals surface area contributed by atoms with Crippen LogP contribution in [0.25, 0.3) is 0 Å². The van der Waals surface area contributed by atoms with Crippen LogP contribution in [0.1, 0.15) is 34.8 Å². The number of ketones is 1. The van der Waals surface area contributed by atoms with Gasteiger partial charge in [0.25, 0.3) is 0 Å². The van der Waals surface area contributed by atoms with Gasteiger partial charge in [0, 0.05) is 37.0 Å². The molecule has 0 bridgehead atoms. The van der Waals surface area contributed by atoms with Gasteiger partial charge in [-0.3, -0.25) is 10.2 Å². The smallest absolute Gasteiger partial charge is 0.167 e. The number of carbonyl (C=O) groups excluding carboxylic acids is 1. The number of nitrogens with one attached hydrogen (secondary N) is 2. The second-order valence-electron chi connectivity index (χ2n) is 8.23. The first kappa shape index (κ1) is 20.8. The number of hydrazine groups is 1. The first-order valence-electron chi connectivity index (χ1n) is 10.7. The molecule has 2 aromatic rings. The zero-order valence-electron chi connectivity index (χ0n) is 17.8. The van der Waals surface area contributed by atoms with Crippen molar-refractivity contribution >= 4 is 5.78 Å². The second-order valence-corrected chi connectivity index (χ2v) is 8.23. The fraction of sp³-hybridized carbons (Fsp3) is 0.458. The molecule has 0 aromatic heterocycles. The van der Waals surface area contributed by atoms with Gasteiger partial charge < -0.3 is 14.4 Å². The average molecular weight is 410 g/mol. The van der Waals surface area contributed by atoms with Crippen molar-refractivity contribution < 1.29 is 14.3 Å². The van der Waals surface area contributed by atoms with Crippen LogP contribution in [0.2, 0.25) is 0 Å². The number of benzene rings is 2. The molecule has 2 saturated heterocycles. The minimum atomic E-state index is 0.0487. The monoisotopic (exact) mass is 409 g/mol. The van der Waals surface area contributed by atoms with Crippen LogP contribution in [0.15, 0.2) is 48.5 Å². The number of Topliss-reactive ketones (excluding diaryl/α,β-unsaturated/α-hetero) is 1. The van der Waals surface area contributed by atoms with Crippen molar-refractivity contribution in [3.63, 3.8) is 0 Å². The molecule has 0 amide bonds. The SMILES string of the molecule is COc1ccc(C2NNCC2CN2CCCC(C(=O)c3cccc(OC)c3)C2)cc1. The Kier molecular flexibility index (Phi) is 6.67. The summed E-state index contributed by atoms with van der Waals surface area (Å²) in [4.78, 5) is 15.5. The molecule has 2 aliphatic heterocycles. The number of rotatable bonds is 7. The summed E-state index contributed by atoms with van der Waals surface area (Å²) in [5.41, 5.74) is 8.75. The van der Waals surface area contributed by atoms with Gasteiger partial charge in [-0.25, -0.2) is 5.43 Å². The Balaban J connectivity index is 1.39. The van der Waals surface area contributed by atoms with E-state index in [9.17, 15) is 4.79 Å². The third-order valence-electron chi connectivity index (χ3n) is 6.29. The third kappa shape index (κ3) is 4.67. The number of ether oxygens (including phenoxy) is 2. The van der Waals surface area contributed by atoms with Crippen molar-refractivity contribution in [3.05, 3.63) is 59.7 Å². The summed E-state index contributed by atoms with van der Waals surface area (Å²) in [5, 5.41) is 0. The van der Waals surface area contributed by atoms with Crippen molar-refractivity contribution in [3.8, 4) is 11.5 Å². The van der Waals surface area contributed by atoms with Crippen molar-refractivity contribution in [2.24, 2.45) is 11.8 Å². The normalized spacial score (nSPS) is 24.5. The summed E-state index contributed by atoms with van der Waals surface area (Å²) in [7, 11) is 3.32. The van der Waals surface area contributed by atoms with Crippen LogP contribution >= 0.6 is 0 Å². The summed E-state index contributed by atoms with van der Waals surface area (Å²) < 4.78 is 10.6. The fourth-order valence-corrected chi connectivity index (χ4v) is 4.65. The molecule has 2 heterocycles. The molecule has 0 saturated carbocycles. The maximum atomic E-state index is 13.1. The lowest BCUT2D eigenvalue weighted by Gasteiger charge is -2.34. The Morgan fingerprint density at radius 3 is 2.67 bits per heavy atom. The minimum absolute atomic E-state index is 0.0487. The van der Waals surface area contributed by atoms with E-state index in [1.165, 1.54) is 5.56 Å². The molecule has 2 aliphatic rings. The van der Waals surface area contributed by atoms with Crippen LogP contribution in [0, 0.1) is 11.8 Å². The van der Waals surface area contributed by atoms with E-state index in [-0.39, 0.29) is 17.7 Å². The second kappa shape index (κ2) is 9.60. The van der Waals surface area contributed by atoms with Gasteiger partial charge in [0.2, 0.25) is 0 Å². The van der Waals surface area contributed by atoms with Crippen LogP contribution in [0.4, 0.5) is 0 Å². The minimum Gasteiger partial charge on any atom is -0.497 e. The van der Waals surface area contributed by atoms with E-state index >= 15 is 0 Å². The molecule has 6 heteroatoms. The van der Waals surface area contributed by atoms with E-state index in [1.807, 2.05) is 36.4 Å². The Hall–Kier alpha value is -2.41. The topological polar surface area (TPSA) is 62.8 Å². The first-order valence-corrected chi connectivity index (χ1v) is 10.7. The Bertz CT molecular complexity index is 855. The number of piperidine rings is 1. The molecule has 2 N–H and O–H groups in total. The molecule has 2 aromatic carbocycles. The van der Waals surface area contributed by atoms with E-state index in [1.54, 1.807) is 14.2 Å². The Labute approximate surface area is 178 Å². The number of hydrogen-bond donors (Lipinski definition) is 2. The average Bonchev–Trinajstić information content (AvgIpc) is 3.27. The number of nitrogens with zero attached hydrogens (tertiary/aromatic N) is 1. The van der Waals surface area contributed by atoms with Gasteiger partial charge in [-0.05, 0) is 49.2 Å². The molecule has 0 aliphatic carbocycles. The van der Waals surface area contributed by atoms with E-state index in [2.05, 4.69) is 27.9 Å². The van der Waals surface area contributed by atoms with Gasteiger partial charge >= 0.3 is 0 Å². The highest BCUT2D eigenvalue weighted by Gasteiger charge is 2.33. The zero-order valence-corrected chi connectivity index (χ0v) is 17.8. The summed E-state index contributed by atoms with van der Waals surface area (Å²) >= 11 is 0. The van der Waals surface area contributed by atoms with Crippen LogP contribution in [-0.2, 0) is 0 Å². The van der Waals surface area contributed by atoms with Crippen molar-refractivity contribution in [1.29, 1.82) is 0 Å². The maximum Gasteiger partial charge on any atom is 0.167 e. The molecule has 3 atom stereocenters. The third-order valence-corrected chi connectivity index (χ3v) is 6.29. The Morgan fingerprint density at radius 2 is 1.90 bits per heavy atom. The standard InChI is InChI=1S/C24H31N3O3/c1-29-21-10-8-17(9-11-21)23-20(14-25-26-23)16-27-12-4-6-19(15-27)24(28)18-5-3-7-22(13-18)30-2/h3,5,7-11,13,19-20,23,25-26H,4,6,12,14-16H2,1-2H3. The maximum absolute atomic E-state index is 13.1.